The molecule has 0 aliphatic carbocycles. The molecule has 1 amide bonds. The Bertz CT molecular complexity index is 1610. The maximum Gasteiger partial charge on any atom is 0.263 e. The van der Waals surface area contributed by atoms with Gasteiger partial charge in [0.2, 0.25) is 0 Å². The van der Waals surface area contributed by atoms with Crippen LogP contribution in [0.2, 0.25) is 0 Å². The van der Waals surface area contributed by atoms with Crippen LogP contribution in [0, 0.1) is 11.6 Å². The SMILES string of the molecule is O=C(NCc1cccc(-c2c[nH]c3nccnc23)c1)c1cccn(Cc2ccc(F)c(F)c2)c1=O. The van der Waals surface area contributed by atoms with Gasteiger partial charge in [0.05, 0.1) is 6.54 Å². The Labute approximate surface area is 198 Å². The molecule has 174 valence electrons. The molecule has 5 rings (SSSR count). The summed E-state index contributed by atoms with van der Waals surface area (Å²) in [5.74, 6) is -2.49. The number of nitrogens with zero attached hydrogens (tertiary/aromatic N) is 3. The fourth-order valence-electron chi connectivity index (χ4n) is 3.86. The Morgan fingerprint density at radius 2 is 1.83 bits per heavy atom. The molecule has 0 saturated heterocycles. The van der Waals surface area contributed by atoms with Crippen molar-refractivity contribution in [2.75, 3.05) is 0 Å². The first-order valence-electron chi connectivity index (χ1n) is 10.8. The van der Waals surface area contributed by atoms with Gasteiger partial charge >= 0.3 is 0 Å². The average Bonchev–Trinajstić information content (AvgIpc) is 3.30. The quantitative estimate of drug-likeness (QED) is 0.391. The first-order chi connectivity index (χ1) is 17.0. The molecule has 0 unspecified atom stereocenters. The summed E-state index contributed by atoms with van der Waals surface area (Å²) in [5, 5.41) is 2.78. The molecule has 0 aliphatic rings. The minimum atomic E-state index is -0.994. The molecule has 35 heavy (non-hydrogen) atoms. The minimum absolute atomic E-state index is 0.00666. The third-order valence-corrected chi connectivity index (χ3v) is 5.60. The van der Waals surface area contributed by atoms with Gasteiger partial charge in [0.1, 0.15) is 11.1 Å². The zero-order valence-corrected chi connectivity index (χ0v) is 18.3. The summed E-state index contributed by atoms with van der Waals surface area (Å²) in [6.45, 7) is 0.213. The molecule has 9 heteroatoms. The second-order valence-electron chi connectivity index (χ2n) is 7.94. The summed E-state index contributed by atoms with van der Waals surface area (Å²) >= 11 is 0. The summed E-state index contributed by atoms with van der Waals surface area (Å²) in [5.41, 5.74) is 3.92. The monoisotopic (exact) mass is 471 g/mol. The van der Waals surface area contributed by atoms with Crippen molar-refractivity contribution in [3.63, 3.8) is 0 Å². The van der Waals surface area contributed by atoms with E-state index < -0.39 is 23.1 Å². The minimum Gasteiger partial charge on any atom is -0.348 e. The van der Waals surface area contributed by atoms with Crippen molar-refractivity contribution in [2.24, 2.45) is 0 Å². The maximum atomic E-state index is 13.5. The number of H-pyrrole nitrogens is 1. The van der Waals surface area contributed by atoms with Crippen LogP contribution in [0.25, 0.3) is 22.3 Å². The van der Waals surface area contributed by atoms with Gasteiger partial charge in [0.25, 0.3) is 11.5 Å². The van der Waals surface area contributed by atoms with Crippen LogP contribution in [0.4, 0.5) is 8.78 Å². The van der Waals surface area contributed by atoms with E-state index in [4.69, 9.17) is 0 Å². The Balaban J connectivity index is 1.32. The summed E-state index contributed by atoms with van der Waals surface area (Å²) in [6.07, 6.45) is 6.57. The molecule has 0 atom stereocenters. The van der Waals surface area contributed by atoms with Gasteiger partial charge in [-0.1, -0.05) is 24.3 Å². The van der Waals surface area contributed by atoms with Crippen molar-refractivity contribution in [1.29, 1.82) is 0 Å². The molecule has 7 nitrogen and oxygen atoms in total. The lowest BCUT2D eigenvalue weighted by Gasteiger charge is -2.10. The second-order valence-corrected chi connectivity index (χ2v) is 7.94. The van der Waals surface area contributed by atoms with Crippen molar-refractivity contribution in [3.8, 4) is 11.1 Å². The third kappa shape index (κ3) is 4.56. The number of pyridine rings is 1. The molecule has 0 aliphatic heterocycles. The Hall–Kier alpha value is -4.66. The van der Waals surface area contributed by atoms with Crippen molar-refractivity contribution >= 4 is 17.1 Å². The maximum absolute atomic E-state index is 13.5. The van der Waals surface area contributed by atoms with Crippen LogP contribution in [0.15, 0.2) is 84.2 Å². The van der Waals surface area contributed by atoms with E-state index in [2.05, 4.69) is 20.3 Å². The number of fused-ring (bicyclic) bond motifs is 1. The Morgan fingerprint density at radius 3 is 2.69 bits per heavy atom. The van der Waals surface area contributed by atoms with E-state index in [0.29, 0.717) is 11.2 Å². The van der Waals surface area contributed by atoms with Crippen LogP contribution in [-0.2, 0) is 13.1 Å². The lowest BCUT2D eigenvalue weighted by Crippen LogP contribution is -2.32. The van der Waals surface area contributed by atoms with Crippen molar-refractivity contribution in [1.82, 2.24) is 24.8 Å². The number of aromatic nitrogens is 4. The molecule has 0 spiro atoms. The zero-order valence-electron chi connectivity index (χ0n) is 18.3. The van der Waals surface area contributed by atoms with Gasteiger partial charge < -0.3 is 14.9 Å². The van der Waals surface area contributed by atoms with E-state index in [9.17, 15) is 18.4 Å². The first kappa shape index (κ1) is 22.1. The van der Waals surface area contributed by atoms with Crippen molar-refractivity contribution in [3.05, 3.63) is 118 Å². The Kier molecular flexibility index (Phi) is 5.88. The summed E-state index contributed by atoms with van der Waals surface area (Å²) < 4.78 is 28.0. The predicted molar refractivity (Wildman–Crippen MR) is 127 cm³/mol. The molecular formula is C26H19F2N5O2. The van der Waals surface area contributed by atoms with Crippen LogP contribution in [0.1, 0.15) is 21.5 Å². The van der Waals surface area contributed by atoms with E-state index in [-0.39, 0.29) is 18.7 Å². The van der Waals surface area contributed by atoms with E-state index in [1.807, 2.05) is 30.5 Å². The summed E-state index contributed by atoms with van der Waals surface area (Å²) in [4.78, 5) is 37.3. The predicted octanol–water partition coefficient (Wildman–Crippen LogP) is 4.04. The van der Waals surface area contributed by atoms with Gasteiger partial charge in [-0.05, 0) is 47.0 Å². The lowest BCUT2D eigenvalue weighted by atomic mass is 10.0. The van der Waals surface area contributed by atoms with Gasteiger partial charge in [-0.15, -0.1) is 0 Å². The standard InChI is InChI=1S/C26H19F2N5O2/c27-21-7-6-17(12-22(21)28)15-33-10-2-5-19(26(33)35)25(34)32-13-16-3-1-4-18(11-16)20-14-31-24-23(20)29-8-9-30-24/h1-12,14H,13,15H2,(H,30,31)(H,32,34). The number of carbonyl (C=O) groups excluding carboxylic acids is 1. The fourth-order valence-corrected chi connectivity index (χ4v) is 3.86. The molecule has 0 saturated carbocycles. The topological polar surface area (TPSA) is 92.7 Å². The fraction of sp³-hybridized carbons (Fsp3) is 0.0769. The molecule has 2 N–H and O–H groups in total. The molecular weight excluding hydrogens is 452 g/mol. The van der Waals surface area contributed by atoms with Gasteiger partial charge in [-0.25, -0.2) is 13.8 Å². The van der Waals surface area contributed by atoms with Crippen LogP contribution in [-0.4, -0.2) is 25.4 Å². The molecule has 3 aromatic heterocycles. The molecule has 5 aromatic rings. The van der Waals surface area contributed by atoms with E-state index in [0.717, 1.165) is 34.3 Å². The number of hydrogen-bond acceptors (Lipinski definition) is 4. The second kappa shape index (κ2) is 9.30. The van der Waals surface area contributed by atoms with Gasteiger partial charge in [-0.3, -0.25) is 14.6 Å². The Morgan fingerprint density at radius 1 is 0.971 bits per heavy atom. The number of carbonyl (C=O) groups is 1. The van der Waals surface area contributed by atoms with Crippen molar-refractivity contribution < 1.29 is 13.6 Å². The van der Waals surface area contributed by atoms with E-state index in [1.165, 1.54) is 22.9 Å². The average molecular weight is 471 g/mol. The van der Waals surface area contributed by atoms with E-state index >= 15 is 0 Å². The highest BCUT2D eigenvalue weighted by Crippen LogP contribution is 2.26. The highest BCUT2D eigenvalue weighted by Gasteiger charge is 2.14. The van der Waals surface area contributed by atoms with E-state index in [1.54, 1.807) is 18.5 Å². The number of hydrogen-bond donors (Lipinski definition) is 2. The molecule has 3 heterocycles. The molecule has 0 bridgehead atoms. The number of benzene rings is 2. The summed E-state index contributed by atoms with van der Waals surface area (Å²) in [7, 11) is 0. The zero-order chi connectivity index (χ0) is 24.4. The van der Waals surface area contributed by atoms with Gasteiger partial charge in [0, 0.05) is 36.9 Å². The normalized spacial score (nSPS) is 11.0. The largest absolute Gasteiger partial charge is 0.348 e. The van der Waals surface area contributed by atoms with Gasteiger partial charge in [-0.2, -0.15) is 0 Å². The molecule has 0 fully saturated rings. The number of nitrogens with one attached hydrogen (secondary N) is 2. The van der Waals surface area contributed by atoms with Crippen LogP contribution in [0.3, 0.4) is 0 Å². The summed E-state index contributed by atoms with van der Waals surface area (Å²) in [6, 6.07) is 14.0. The van der Waals surface area contributed by atoms with Gasteiger partial charge in [0.15, 0.2) is 17.3 Å². The van der Waals surface area contributed by atoms with Crippen LogP contribution >= 0.6 is 0 Å². The lowest BCUT2D eigenvalue weighted by molar-refractivity contribution is 0.0949. The highest BCUT2D eigenvalue weighted by molar-refractivity contribution is 5.94. The number of halogens is 2. The smallest absolute Gasteiger partial charge is 0.263 e. The molecule has 0 radical (unpaired) electrons. The number of amides is 1. The van der Waals surface area contributed by atoms with Crippen molar-refractivity contribution in [2.45, 2.75) is 13.1 Å². The van der Waals surface area contributed by atoms with Crippen LogP contribution in [0.5, 0.6) is 0 Å². The highest BCUT2D eigenvalue weighted by atomic mass is 19.2. The van der Waals surface area contributed by atoms with Crippen LogP contribution < -0.4 is 10.9 Å². The number of aromatic amines is 1. The number of rotatable bonds is 6. The third-order valence-electron chi connectivity index (χ3n) is 5.60. The first-order valence-corrected chi connectivity index (χ1v) is 10.8. The molecule has 2 aromatic carbocycles.